The number of primary amides is 1. The number of hydrogen-bond acceptors (Lipinski definition) is 5. The van der Waals surface area contributed by atoms with Gasteiger partial charge in [-0.1, -0.05) is 12.1 Å². The van der Waals surface area contributed by atoms with Gasteiger partial charge < -0.3 is 16.6 Å². The fourth-order valence-electron chi connectivity index (χ4n) is 2.67. The van der Waals surface area contributed by atoms with Crippen LogP contribution in [0.4, 0.5) is 5.69 Å². The number of amides is 1. The lowest BCUT2D eigenvalue weighted by Gasteiger charge is -2.15. The van der Waals surface area contributed by atoms with Gasteiger partial charge in [-0.25, -0.2) is 4.98 Å². The highest BCUT2D eigenvalue weighted by Crippen LogP contribution is 2.39. The van der Waals surface area contributed by atoms with Gasteiger partial charge in [0, 0.05) is 11.8 Å². The van der Waals surface area contributed by atoms with E-state index in [1.54, 1.807) is 31.3 Å². The number of fused-ring (bicyclic) bond motifs is 1. The number of pyridine rings is 2. The van der Waals surface area contributed by atoms with Crippen molar-refractivity contribution in [3.05, 3.63) is 47.3 Å². The van der Waals surface area contributed by atoms with Crippen LogP contribution in [-0.2, 0) is 0 Å². The summed E-state index contributed by atoms with van der Waals surface area (Å²) < 4.78 is 0. The summed E-state index contributed by atoms with van der Waals surface area (Å²) in [5, 5.41) is 10.2. The summed E-state index contributed by atoms with van der Waals surface area (Å²) in [7, 11) is 0. The van der Waals surface area contributed by atoms with Crippen molar-refractivity contribution in [1.29, 1.82) is 0 Å². The number of nitrogens with zero attached hydrogens (tertiary/aromatic N) is 2. The van der Waals surface area contributed by atoms with Crippen molar-refractivity contribution in [2.75, 3.05) is 5.73 Å². The van der Waals surface area contributed by atoms with Crippen LogP contribution >= 0.6 is 0 Å². The van der Waals surface area contributed by atoms with Gasteiger partial charge in [0.25, 0.3) is 5.91 Å². The predicted octanol–water partition coefficient (Wildman–Crippen LogP) is 2.30. The standard InChI is InChI=1S/C17H16N4O2/c1-8-5-6-10(9(2)16(8)22)12-13(18)15(17(19)23)21-11-4-3-7-20-14(11)12/h3-7,22H,18H2,1-2H3,(H2,19,23). The van der Waals surface area contributed by atoms with Crippen molar-refractivity contribution in [3.63, 3.8) is 0 Å². The van der Waals surface area contributed by atoms with E-state index in [0.29, 0.717) is 27.7 Å². The topological polar surface area (TPSA) is 115 Å². The van der Waals surface area contributed by atoms with E-state index >= 15 is 0 Å². The Bertz CT molecular complexity index is 951. The van der Waals surface area contributed by atoms with E-state index in [4.69, 9.17) is 11.5 Å². The summed E-state index contributed by atoms with van der Waals surface area (Å²) in [4.78, 5) is 20.2. The maximum Gasteiger partial charge on any atom is 0.269 e. The number of nitrogen functional groups attached to an aromatic ring is 1. The fraction of sp³-hybridized carbons (Fsp3) is 0.118. The Morgan fingerprint density at radius 2 is 1.96 bits per heavy atom. The molecule has 2 aromatic heterocycles. The summed E-state index contributed by atoms with van der Waals surface area (Å²) in [5.74, 6) is -0.521. The van der Waals surface area contributed by atoms with Gasteiger partial charge in [-0.2, -0.15) is 0 Å². The minimum Gasteiger partial charge on any atom is -0.507 e. The molecule has 0 fully saturated rings. The van der Waals surface area contributed by atoms with Crippen LogP contribution in [0.1, 0.15) is 21.6 Å². The van der Waals surface area contributed by atoms with Gasteiger partial charge in [-0.05, 0) is 42.7 Å². The number of carbonyl (C=O) groups excluding carboxylic acids is 1. The third kappa shape index (κ3) is 2.24. The second kappa shape index (κ2) is 5.24. The molecular weight excluding hydrogens is 292 g/mol. The molecule has 3 aromatic rings. The molecule has 0 aliphatic heterocycles. The summed E-state index contributed by atoms with van der Waals surface area (Å²) >= 11 is 0. The quantitative estimate of drug-likeness (QED) is 0.672. The van der Waals surface area contributed by atoms with Crippen molar-refractivity contribution in [2.45, 2.75) is 13.8 Å². The first kappa shape index (κ1) is 14.8. The smallest absolute Gasteiger partial charge is 0.269 e. The highest BCUT2D eigenvalue weighted by molar-refractivity contribution is 6.07. The van der Waals surface area contributed by atoms with Gasteiger partial charge in [0.05, 0.1) is 16.7 Å². The third-order valence-electron chi connectivity index (χ3n) is 3.92. The number of phenols is 1. The normalized spacial score (nSPS) is 10.9. The number of nitrogens with two attached hydrogens (primary N) is 2. The number of aromatic hydroxyl groups is 1. The first-order valence-electron chi connectivity index (χ1n) is 7.05. The van der Waals surface area contributed by atoms with E-state index < -0.39 is 5.91 Å². The van der Waals surface area contributed by atoms with Gasteiger partial charge in [0.1, 0.15) is 5.75 Å². The maximum atomic E-state index is 11.7. The Morgan fingerprint density at radius 3 is 2.65 bits per heavy atom. The number of anilines is 1. The molecule has 0 atom stereocenters. The summed E-state index contributed by atoms with van der Waals surface area (Å²) in [6, 6.07) is 7.09. The maximum absolute atomic E-state index is 11.7. The molecule has 1 aromatic carbocycles. The number of hydrogen-bond donors (Lipinski definition) is 3. The second-order valence-electron chi connectivity index (χ2n) is 5.39. The molecular formula is C17H16N4O2. The molecule has 6 heteroatoms. The van der Waals surface area contributed by atoms with Crippen LogP contribution in [0.5, 0.6) is 5.75 Å². The number of benzene rings is 1. The second-order valence-corrected chi connectivity index (χ2v) is 5.39. The number of aryl methyl sites for hydroxylation is 1. The monoisotopic (exact) mass is 308 g/mol. The third-order valence-corrected chi connectivity index (χ3v) is 3.92. The van der Waals surface area contributed by atoms with Gasteiger partial charge in [-0.3, -0.25) is 9.78 Å². The zero-order valence-corrected chi connectivity index (χ0v) is 12.8. The van der Waals surface area contributed by atoms with E-state index in [2.05, 4.69) is 9.97 Å². The van der Waals surface area contributed by atoms with Gasteiger partial charge in [-0.15, -0.1) is 0 Å². The fourth-order valence-corrected chi connectivity index (χ4v) is 2.67. The van der Waals surface area contributed by atoms with E-state index in [-0.39, 0.29) is 17.1 Å². The largest absolute Gasteiger partial charge is 0.507 e. The molecule has 1 amide bonds. The Labute approximate surface area is 132 Å². The van der Waals surface area contributed by atoms with Crippen LogP contribution in [-0.4, -0.2) is 21.0 Å². The molecule has 23 heavy (non-hydrogen) atoms. The zero-order chi connectivity index (χ0) is 16.7. The lowest BCUT2D eigenvalue weighted by atomic mass is 9.94. The SMILES string of the molecule is Cc1ccc(-c2c(N)c(C(N)=O)nc3cccnc23)c(C)c1O. The molecule has 0 saturated carbocycles. The molecule has 0 unspecified atom stereocenters. The molecule has 0 radical (unpaired) electrons. The lowest BCUT2D eigenvalue weighted by Crippen LogP contribution is -2.17. The molecule has 0 aliphatic carbocycles. The molecule has 116 valence electrons. The number of phenolic OH excluding ortho intramolecular Hbond substituents is 1. The predicted molar refractivity (Wildman–Crippen MR) is 89.0 cm³/mol. The Kier molecular flexibility index (Phi) is 3.37. The van der Waals surface area contributed by atoms with Crippen LogP contribution in [0.2, 0.25) is 0 Å². The molecule has 0 aliphatic rings. The van der Waals surface area contributed by atoms with Crippen LogP contribution in [0.15, 0.2) is 30.5 Å². The van der Waals surface area contributed by atoms with Crippen molar-refractivity contribution >= 4 is 22.6 Å². The summed E-state index contributed by atoms with van der Waals surface area (Å²) in [6.07, 6.45) is 1.63. The Morgan fingerprint density at radius 1 is 1.22 bits per heavy atom. The lowest BCUT2D eigenvalue weighted by molar-refractivity contribution is 0.0997. The van der Waals surface area contributed by atoms with E-state index in [1.807, 2.05) is 13.0 Å². The van der Waals surface area contributed by atoms with Crippen LogP contribution < -0.4 is 11.5 Å². The van der Waals surface area contributed by atoms with Crippen molar-refractivity contribution in [3.8, 4) is 16.9 Å². The molecule has 2 heterocycles. The number of carbonyl (C=O) groups is 1. The number of rotatable bonds is 2. The molecule has 0 bridgehead atoms. The Hall–Kier alpha value is -3.15. The minimum atomic E-state index is -0.705. The average Bonchev–Trinajstić information content (AvgIpc) is 2.53. The minimum absolute atomic E-state index is 0.0000326. The van der Waals surface area contributed by atoms with Gasteiger partial charge in [0.2, 0.25) is 0 Å². The van der Waals surface area contributed by atoms with Gasteiger partial charge in [0.15, 0.2) is 5.69 Å². The first-order valence-corrected chi connectivity index (χ1v) is 7.05. The number of aromatic nitrogens is 2. The molecule has 0 spiro atoms. The Balaban J connectivity index is 2.48. The van der Waals surface area contributed by atoms with E-state index in [9.17, 15) is 9.90 Å². The van der Waals surface area contributed by atoms with E-state index in [0.717, 1.165) is 5.56 Å². The van der Waals surface area contributed by atoms with Crippen molar-refractivity contribution < 1.29 is 9.90 Å². The van der Waals surface area contributed by atoms with E-state index in [1.165, 1.54) is 0 Å². The van der Waals surface area contributed by atoms with Crippen molar-refractivity contribution in [1.82, 2.24) is 9.97 Å². The first-order chi connectivity index (χ1) is 10.9. The summed E-state index contributed by atoms with van der Waals surface area (Å²) in [5.41, 5.74) is 15.4. The van der Waals surface area contributed by atoms with Crippen molar-refractivity contribution in [2.24, 2.45) is 5.73 Å². The molecule has 6 nitrogen and oxygen atoms in total. The summed E-state index contributed by atoms with van der Waals surface area (Å²) in [6.45, 7) is 3.60. The average molecular weight is 308 g/mol. The molecule has 3 rings (SSSR count). The van der Waals surface area contributed by atoms with Crippen LogP contribution in [0.3, 0.4) is 0 Å². The highest BCUT2D eigenvalue weighted by atomic mass is 16.3. The van der Waals surface area contributed by atoms with Crippen LogP contribution in [0, 0.1) is 13.8 Å². The van der Waals surface area contributed by atoms with Crippen LogP contribution in [0.25, 0.3) is 22.2 Å². The highest BCUT2D eigenvalue weighted by Gasteiger charge is 2.20. The molecule has 5 N–H and O–H groups in total. The van der Waals surface area contributed by atoms with Gasteiger partial charge >= 0.3 is 0 Å². The molecule has 0 saturated heterocycles. The zero-order valence-electron chi connectivity index (χ0n) is 12.8.